The van der Waals surface area contributed by atoms with E-state index in [0.29, 0.717) is 30.4 Å². The molecule has 0 saturated heterocycles. The molecule has 124 valence electrons. The van der Waals surface area contributed by atoms with Crippen LogP contribution in [0.15, 0.2) is 45.9 Å². The summed E-state index contributed by atoms with van der Waals surface area (Å²) in [6.07, 6.45) is 3.06. The molecule has 4 heterocycles. The van der Waals surface area contributed by atoms with E-state index in [1.54, 1.807) is 0 Å². The summed E-state index contributed by atoms with van der Waals surface area (Å²) in [6, 6.07) is 7.71. The molecule has 0 radical (unpaired) electrons. The Morgan fingerprint density at radius 1 is 1.32 bits per heavy atom. The number of aromatic nitrogens is 5. The quantitative estimate of drug-likeness (QED) is 0.608. The molecule has 9 nitrogen and oxygen atoms in total. The topological polar surface area (TPSA) is 112 Å². The third kappa shape index (κ3) is 2.28. The summed E-state index contributed by atoms with van der Waals surface area (Å²) in [5, 5.41) is 12.3. The number of benzene rings is 1. The van der Waals surface area contributed by atoms with Crippen molar-refractivity contribution in [2.24, 2.45) is 5.92 Å². The van der Waals surface area contributed by atoms with Crippen LogP contribution in [0.4, 0.5) is 5.82 Å². The molecular formula is C16H12N6O3. The number of hydrogen-bond acceptors (Lipinski definition) is 7. The van der Waals surface area contributed by atoms with Crippen LogP contribution in [0.2, 0.25) is 0 Å². The normalized spacial score (nSPS) is 16.8. The van der Waals surface area contributed by atoms with Gasteiger partial charge in [0.05, 0.1) is 18.0 Å². The van der Waals surface area contributed by atoms with Gasteiger partial charge >= 0.3 is 0 Å². The molecule has 25 heavy (non-hydrogen) atoms. The van der Waals surface area contributed by atoms with Crippen molar-refractivity contribution in [1.82, 2.24) is 24.9 Å². The Hall–Kier alpha value is -3.49. The minimum absolute atomic E-state index is 0.0839. The zero-order chi connectivity index (χ0) is 16.8. The minimum Gasteiger partial charge on any atom is -0.451 e. The van der Waals surface area contributed by atoms with Gasteiger partial charge in [-0.2, -0.15) is 10.1 Å². The lowest BCUT2D eigenvalue weighted by molar-refractivity contribution is -0.121. The van der Waals surface area contributed by atoms with Crippen molar-refractivity contribution in [3.8, 4) is 11.5 Å². The molecule has 1 amide bonds. The Balaban J connectivity index is 1.41. The van der Waals surface area contributed by atoms with E-state index in [4.69, 9.17) is 8.94 Å². The summed E-state index contributed by atoms with van der Waals surface area (Å²) in [5.41, 5.74) is 1.34. The van der Waals surface area contributed by atoms with Gasteiger partial charge in [-0.25, -0.2) is 9.67 Å². The highest BCUT2D eigenvalue weighted by Crippen LogP contribution is 2.29. The predicted octanol–water partition coefficient (Wildman–Crippen LogP) is 1.89. The lowest BCUT2D eigenvalue weighted by Crippen LogP contribution is -2.35. The lowest BCUT2D eigenvalue weighted by Gasteiger charge is -2.22. The van der Waals surface area contributed by atoms with Gasteiger partial charge in [0.2, 0.25) is 17.6 Å². The van der Waals surface area contributed by atoms with E-state index in [0.717, 1.165) is 16.7 Å². The van der Waals surface area contributed by atoms with Crippen molar-refractivity contribution in [1.29, 1.82) is 0 Å². The monoisotopic (exact) mass is 336 g/mol. The molecule has 9 heteroatoms. The molecule has 1 atom stereocenters. The smallest absolute Gasteiger partial charge is 0.231 e. The maximum atomic E-state index is 12.5. The van der Waals surface area contributed by atoms with Gasteiger partial charge in [-0.1, -0.05) is 17.3 Å². The van der Waals surface area contributed by atoms with Crippen LogP contribution in [0.25, 0.3) is 22.4 Å². The molecular weight excluding hydrogens is 324 g/mol. The van der Waals surface area contributed by atoms with Crippen LogP contribution >= 0.6 is 0 Å². The van der Waals surface area contributed by atoms with E-state index >= 15 is 0 Å². The van der Waals surface area contributed by atoms with Crippen LogP contribution in [0.5, 0.6) is 0 Å². The number of anilines is 1. The molecule has 3 aromatic heterocycles. The third-order valence-electron chi connectivity index (χ3n) is 4.20. The second kappa shape index (κ2) is 5.26. The predicted molar refractivity (Wildman–Crippen MR) is 85.4 cm³/mol. The van der Waals surface area contributed by atoms with Gasteiger partial charge in [0, 0.05) is 11.8 Å². The molecule has 1 N–H and O–H groups in total. The molecule has 5 rings (SSSR count). The van der Waals surface area contributed by atoms with Crippen LogP contribution in [0, 0.1) is 5.92 Å². The Kier molecular flexibility index (Phi) is 2.93. The zero-order valence-electron chi connectivity index (χ0n) is 12.9. The highest BCUT2D eigenvalue weighted by molar-refractivity contribution is 6.02. The molecule has 1 unspecified atom stereocenters. The summed E-state index contributed by atoms with van der Waals surface area (Å²) in [7, 11) is 0. The number of rotatable bonds is 3. The fourth-order valence-electron chi connectivity index (χ4n) is 2.99. The number of carbonyl (C=O) groups excluding carboxylic acids is 1. The molecule has 0 aliphatic carbocycles. The number of fused-ring (bicyclic) bond motifs is 3. The van der Waals surface area contributed by atoms with Crippen LogP contribution < -0.4 is 5.32 Å². The van der Waals surface area contributed by atoms with Crippen LogP contribution in [-0.2, 0) is 17.8 Å². The van der Waals surface area contributed by atoms with Gasteiger partial charge in [0.15, 0.2) is 6.39 Å². The zero-order valence-corrected chi connectivity index (χ0v) is 12.9. The van der Waals surface area contributed by atoms with E-state index in [1.165, 1.54) is 12.7 Å². The molecule has 0 saturated carbocycles. The molecule has 0 bridgehead atoms. The Morgan fingerprint density at radius 3 is 3.12 bits per heavy atom. The molecule has 0 fully saturated rings. The summed E-state index contributed by atoms with van der Waals surface area (Å²) in [5.74, 6) is 1.02. The number of oxazole rings is 1. The van der Waals surface area contributed by atoms with Crippen molar-refractivity contribution >= 4 is 22.6 Å². The van der Waals surface area contributed by atoms with Crippen molar-refractivity contribution in [3.63, 3.8) is 0 Å². The molecule has 1 aliphatic rings. The Morgan fingerprint density at radius 2 is 2.24 bits per heavy atom. The van der Waals surface area contributed by atoms with Crippen molar-refractivity contribution in [3.05, 3.63) is 42.8 Å². The first kappa shape index (κ1) is 13.9. The molecule has 0 spiro atoms. The number of nitrogens with one attached hydrogen (secondary N) is 1. The number of carbonyl (C=O) groups is 1. The first-order chi connectivity index (χ1) is 12.3. The standard InChI is InChI=1S/C16H12N6O3/c23-16-9(5-13-18-14(21-25-13)12-7-24-8-17-12)6-22-15(19-16)10-3-1-2-4-11(10)20-22/h1-4,7-9H,5-6H2,(H,19,23). The van der Waals surface area contributed by atoms with Crippen molar-refractivity contribution in [2.75, 3.05) is 5.32 Å². The van der Waals surface area contributed by atoms with E-state index in [1.807, 2.05) is 28.9 Å². The van der Waals surface area contributed by atoms with E-state index in [9.17, 15) is 4.79 Å². The number of hydrogen-bond donors (Lipinski definition) is 1. The summed E-state index contributed by atoms with van der Waals surface area (Å²) >= 11 is 0. The van der Waals surface area contributed by atoms with Crippen molar-refractivity contribution < 1.29 is 13.7 Å². The minimum atomic E-state index is -0.340. The van der Waals surface area contributed by atoms with E-state index < -0.39 is 0 Å². The number of nitrogens with zero attached hydrogens (tertiary/aromatic N) is 5. The van der Waals surface area contributed by atoms with Gasteiger partial charge in [-0.3, -0.25) is 4.79 Å². The summed E-state index contributed by atoms with van der Waals surface area (Å²) in [6.45, 7) is 0.456. The van der Waals surface area contributed by atoms with E-state index in [2.05, 4.69) is 25.5 Å². The summed E-state index contributed by atoms with van der Waals surface area (Å²) < 4.78 is 11.9. The van der Waals surface area contributed by atoms with Crippen LogP contribution in [0.1, 0.15) is 5.89 Å². The average Bonchev–Trinajstić information content (AvgIpc) is 3.34. The first-order valence-corrected chi connectivity index (χ1v) is 7.75. The van der Waals surface area contributed by atoms with E-state index in [-0.39, 0.29) is 11.8 Å². The second-order valence-electron chi connectivity index (χ2n) is 5.82. The first-order valence-electron chi connectivity index (χ1n) is 7.75. The van der Waals surface area contributed by atoms with Gasteiger partial charge in [-0.05, 0) is 12.1 Å². The summed E-state index contributed by atoms with van der Waals surface area (Å²) in [4.78, 5) is 20.7. The maximum Gasteiger partial charge on any atom is 0.231 e. The Bertz CT molecular complexity index is 1060. The highest BCUT2D eigenvalue weighted by atomic mass is 16.5. The van der Waals surface area contributed by atoms with Crippen molar-refractivity contribution in [2.45, 2.75) is 13.0 Å². The van der Waals surface area contributed by atoms with Crippen LogP contribution in [0.3, 0.4) is 0 Å². The average molecular weight is 336 g/mol. The van der Waals surface area contributed by atoms with Gasteiger partial charge in [0.25, 0.3) is 0 Å². The fourth-order valence-corrected chi connectivity index (χ4v) is 2.99. The highest BCUT2D eigenvalue weighted by Gasteiger charge is 2.30. The van der Waals surface area contributed by atoms with Gasteiger partial charge in [0.1, 0.15) is 17.8 Å². The SMILES string of the molecule is O=C1Nc2c3ccccc3nn2CC1Cc1nc(-c2cocn2)no1. The molecule has 1 aromatic carbocycles. The van der Waals surface area contributed by atoms with Gasteiger partial charge < -0.3 is 14.3 Å². The largest absolute Gasteiger partial charge is 0.451 e. The maximum absolute atomic E-state index is 12.5. The number of amides is 1. The third-order valence-corrected chi connectivity index (χ3v) is 4.20. The fraction of sp³-hybridized carbons (Fsp3) is 0.188. The Labute approximate surface area is 140 Å². The molecule has 4 aromatic rings. The lowest BCUT2D eigenvalue weighted by atomic mass is 10.0. The molecule has 1 aliphatic heterocycles. The van der Waals surface area contributed by atoms with Crippen LogP contribution in [-0.4, -0.2) is 30.8 Å². The second-order valence-corrected chi connectivity index (χ2v) is 5.82. The van der Waals surface area contributed by atoms with Gasteiger partial charge in [-0.15, -0.1) is 0 Å².